The summed E-state index contributed by atoms with van der Waals surface area (Å²) < 4.78 is 0. The van der Waals surface area contributed by atoms with Gasteiger partial charge < -0.3 is 10.1 Å². The number of H-pyrrole nitrogens is 1. The Hall–Kier alpha value is -1.75. The van der Waals surface area contributed by atoms with Crippen molar-refractivity contribution in [3.8, 4) is 17.0 Å². The van der Waals surface area contributed by atoms with Crippen LogP contribution in [0.5, 0.6) is 5.88 Å². The van der Waals surface area contributed by atoms with Gasteiger partial charge in [-0.15, -0.1) is 0 Å². The topological polar surface area (TPSA) is 66.0 Å². The number of benzene rings is 1. The molecule has 1 aromatic carbocycles. The molecule has 1 aromatic heterocycles. The molecule has 5 heteroatoms. The van der Waals surface area contributed by atoms with Crippen molar-refractivity contribution in [3.63, 3.8) is 0 Å². The Balaban J connectivity index is 2.25. The summed E-state index contributed by atoms with van der Waals surface area (Å²) in [5.41, 5.74) is 1.71. The van der Waals surface area contributed by atoms with Crippen LogP contribution in [0.25, 0.3) is 11.1 Å². The van der Waals surface area contributed by atoms with Crippen molar-refractivity contribution >= 4 is 11.8 Å². The number of aromatic hydroxyl groups is 1. The molecule has 0 unspecified atom stereocenters. The largest absolute Gasteiger partial charge is 0.493 e. The van der Waals surface area contributed by atoms with E-state index in [1.165, 1.54) is 0 Å². The highest BCUT2D eigenvalue weighted by Gasteiger charge is 2.13. The van der Waals surface area contributed by atoms with E-state index < -0.39 is 0 Å². The number of hydrogen-bond donors (Lipinski definition) is 2. The highest BCUT2D eigenvalue weighted by molar-refractivity contribution is 7.98. The third-order valence-corrected chi connectivity index (χ3v) is 4.36. The van der Waals surface area contributed by atoms with Crippen LogP contribution in [0.15, 0.2) is 29.1 Å². The summed E-state index contributed by atoms with van der Waals surface area (Å²) in [6.07, 6.45) is 0. The predicted molar refractivity (Wildman–Crippen MR) is 87.7 cm³/mol. The van der Waals surface area contributed by atoms with Gasteiger partial charge in [-0.05, 0) is 24.2 Å². The van der Waals surface area contributed by atoms with Gasteiger partial charge in [-0.2, -0.15) is 16.7 Å². The van der Waals surface area contributed by atoms with Crippen LogP contribution in [0.2, 0.25) is 0 Å². The van der Waals surface area contributed by atoms with Gasteiger partial charge in [0.05, 0.1) is 5.75 Å². The maximum atomic E-state index is 12.2. The number of aromatic nitrogens is 2. The van der Waals surface area contributed by atoms with Crippen LogP contribution in [0.3, 0.4) is 0 Å². The molecule has 0 fully saturated rings. The van der Waals surface area contributed by atoms with Crippen molar-refractivity contribution in [2.45, 2.75) is 26.5 Å². The van der Waals surface area contributed by atoms with Crippen LogP contribution in [-0.4, -0.2) is 20.8 Å². The molecule has 0 radical (unpaired) electrons. The minimum atomic E-state index is -0.300. The first-order valence-electron chi connectivity index (χ1n) is 6.94. The monoisotopic (exact) mass is 304 g/mol. The molecule has 0 atom stereocenters. The molecule has 0 saturated carbocycles. The fourth-order valence-electron chi connectivity index (χ4n) is 1.95. The van der Waals surface area contributed by atoms with Crippen molar-refractivity contribution < 1.29 is 5.11 Å². The van der Waals surface area contributed by atoms with Gasteiger partial charge in [-0.1, -0.05) is 43.7 Å². The molecule has 0 saturated heterocycles. The van der Waals surface area contributed by atoms with E-state index in [1.54, 1.807) is 11.8 Å². The quantitative estimate of drug-likeness (QED) is 0.889. The lowest BCUT2D eigenvalue weighted by Gasteiger charge is -2.07. The van der Waals surface area contributed by atoms with Gasteiger partial charge in [0.25, 0.3) is 5.56 Å². The van der Waals surface area contributed by atoms with Gasteiger partial charge in [-0.3, -0.25) is 4.79 Å². The molecular weight excluding hydrogens is 284 g/mol. The molecule has 21 heavy (non-hydrogen) atoms. The summed E-state index contributed by atoms with van der Waals surface area (Å²) in [6, 6.07) is 7.43. The first-order valence-corrected chi connectivity index (χ1v) is 8.09. The van der Waals surface area contributed by atoms with Gasteiger partial charge in [0.1, 0.15) is 11.4 Å². The Bertz CT molecular complexity index is 663. The first kappa shape index (κ1) is 15.6. The fraction of sp³-hybridized carbons (Fsp3) is 0.375. The lowest BCUT2D eigenvalue weighted by molar-refractivity contribution is 0.451. The van der Waals surface area contributed by atoms with E-state index in [9.17, 15) is 9.90 Å². The van der Waals surface area contributed by atoms with Crippen LogP contribution < -0.4 is 5.56 Å². The summed E-state index contributed by atoms with van der Waals surface area (Å²) in [6.45, 7) is 6.25. The van der Waals surface area contributed by atoms with Crippen LogP contribution in [0.4, 0.5) is 0 Å². The van der Waals surface area contributed by atoms with Crippen LogP contribution in [0, 0.1) is 12.8 Å². The van der Waals surface area contributed by atoms with Crippen molar-refractivity contribution in [2.75, 3.05) is 5.75 Å². The zero-order chi connectivity index (χ0) is 15.4. The number of nitrogens with one attached hydrogen (secondary N) is 1. The molecule has 0 amide bonds. The minimum absolute atomic E-state index is 0.206. The molecule has 2 aromatic rings. The Morgan fingerprint density at radius 2 is 1.95 bits per heavy atom. The van der Waals surface area contributed by atoms with Crippen LogP contribution >= 0.6 is 11.8 Å². The Morgan fingerprint density at radius 1 is 1.29 bits per heavy atom. The molecule has 2 N–H and O–H groups in total. The lowest BCUT2D eigenvalue weighted by atomic mass is 10.1. The Morgan fingerprint density at radius 3 is 2.52 bits per heavy atom. The molecule has 0 aliphatic rings. The maximum Gasteiger partial charge on any atom is 0.262 e. The normalized spacial score (nSPS) is 11.0. The second kappa shape index (κ2) is 6.80. The Labute approximate surface area is 128 Å². The molecule has 2 rings (SSSR count). The van der Waals surface area contributed by atoms with Crippen molar-refractivity contribution in [1.29, 1.82) is 0 Å². The highest BCUT2D eigenvalue weighted by atomic mass is 32.2. The van der Waals surface area contributed by atoms with E-state index in [0.717, 1.165) is 11.3 Å². The molecule has 112 valence electrons. The second-order valence-corrected chi connectivity index (χ2v) is 6.52. The average Bonchev–Trinajstić information content (AvgIpc) is 2.40. The summed E-state index contributed by atoms with van der Waals surface area (Å²) in [5.74, 6) is 2.48. The van der Waals surface area contributed by atoms with Crippen molar-refractivity contribution in [1.82, 2.24) is 9.97 Å². The van der Waals surface area contributed by atoms with E-state index in [1.807, 2.05) is 31.2 Å². The SMILES string of the molecule is Cc1ccc(-c2c(O)nc(CSCC(C)C)[nH]c2=O)cc1. The predicted octanol–water partition coefficient (Wildman–Crippen LogP) is 3.34. The number of hydrogen-bond acceptors (Lipinski definition) is 4. The van der Waals surface area contributed by atoms with Gasteiger partial charge in [0, 0.05) is 0 Å². The van der Waals surface area contributed by atoms with Gasteiger partial charge >= 0.3 is 0 Å². The molecule has 0 bridgehead atoms. The lowest BCUT2D eigenvalue weighted by Crippen LogP contribution is -2.13. The molecule has 1 heterocycles. The van der Waals surface area contributed by atoms with E-state index in [-0.39, 0.29) is 17.0 Å². The molecule has 0 aliphatic heterocycles. The van der Waals surface area contributed by atoms with Crippen molar-refractivity contribution in [3.05, 3.63) is 46.0 Å². The minimum Gasteiger partial charge on any atom is -0.493 e. The number of nitrogens with zero attached hydrogens (tertiary/aromatic N) is 1. The summed E-state index contributed by atoms with van der Waals surface area (Å²) in [4.78, 5) is 19.0. The van der Waals surface area contributed by atoms with E-state index in [0.29, 0.717) is 23.1 Å². The molecule has 4 nitrogen and oxygen atoms in total. The van der Waals surface area contributed by atoms with E-state index in [4.69, 9.17) is 0 Å². The van der Waals surface area contributed by atoms with E-state index in [2.05, 4.69) is 23.8 Å². The van der Waals surface area contributed by atoms with Crippen molar-refractivity contribution in [2.24, 2.45) is 5.92 Å². The summed E-state index contributed by atoms with van der Waals surface area (Å²) >= 11 is 1.69. The summed E-state index contributed by atoms with van der Waals surface area (Å²) in [7, 11) is 0. The second-order valence-electron chi connectivity index (χ2n) is 5.49. The zero-order valence-corrected chi connectivity index (χ0v) is 13.3. The van der Waals surface area contributed by atoms with Crippen LogP contribution in [0.1, 0.15) is 25.2 Å². The third-order valence-electron chi connectivity index (χ3n) is 2.98. The highest BCUT2D eigenvalue weighted by Crippen LogP contribution is 2.24. The van der Waals surface area contributed by atoms with E-state index >= 15 is 0 Å². The summed E-state index contributed by atoms with van der Waals surface area (Å²) in [5, 5.41) is 10.1. The number of thioether (sulfide) groups is 1. The smallest absolute Gasteiger partial charge is 0.262 e. The number of aromatic amines is 1. The number of rotatable bonds is 5. The maximum absolute atomic E-state index is 12.2. The van der Waals surface area contributed by atoms with Gasteiger partial charge in [-0.25, -0.2) is 0 Å². The van der Waals surface area contributed by atoms with Gasteiger partial charge in [0.15, 0.2) is 0 Å². The number of aryl methyl sites for hydroxylation is 1. The fourth-order valence-corrected chi connectivity index (χ4v) is 2.87. The zero-order valence-electron chi connectivity index (χ0n) is 12.5. The first-order chi connectivity index (χ1) is 9.97. The van der Waals surface area contributed by atoms with Crippen LogP contribution in [-0.2, 0) is 5.75 Å². The standard InChI is InChI=1S/C16H20N2O2S/c1-10(2)8-21-9-13-17-15(19)14(16(20)18-13)12-6-4-11(3)5-7-12/h4-7,10H,8-9H2,1-3H3,(H2,17,18,19,20). The van der Waals surface area contributed by atoms with Gasteiger partial charge in [0.2, 0.25) is 5.88 Å². The molecule has 0 spiro atoms. The third kappa shape index (κ3) is 4.11. The molecule has 0 aliphatic carbocycles. The Kier molecular flexibility index (Phi) is 5.07. The average molecular weight is 304 g/mol. The molecular formula is C16H20N2O2S.